The molecule has 0 radical (unpaired) electrons. The highest BCUT2D eigenvalue weighted by Crippen LogP contribution is 2.24. The Balaban J connectivity index is 1.45. The molecule has 0 bridgehead atoms. The van der Waals surface area contributed by atoms with Crippen LogP contribution < -0.4 is 5.32 Å². The summed E-state index contributed by atoms with van der Waals surface area (Å²) in [6, 6.07) is 7.62. The van der Waals surface area contributed by atoms with Crippen LogP contribution in [0.15, 0.2) is 24.3 Å². The highest BCUT2D eigenvalue weighted by Gasteiger charge is 2.31. The van der Waals surface area contributed by atoms with E-state index in [1.165, 1.54) is 32.1 Å². The fourth-order valence-electron chi connectivity index (χ4n) is 4.16. The summed E-state index contributed by atoms with van der Waals surface area (Å²) in [5.41, 5.74) is 1.93. The van der Waals surface area contributed by atoms with Gasteiger partial charge in [-0.05, 0) is 44.1 Å². The molecule has 0 aromatic heterocycles. The van der Waals surface area contributed by atoms with Crippen LogP contribution in [0.5, 0.6) is 0 Å². The van der Waals surface area contributed by atoms with Crippen LogP contribution in [0.3, 0.4) is 0 Å². The third kappa shape index (κ3) is 5.79. The van der Waals surface area contributed by atoms with Gasteiger partial charge in [0.05, 0.1) is 5.75 Å². The second kappa shape index (κ2) is 9.20. The largest absolute Gasteiger partial charge is 0.356 e. The molecule has 1 N–H and O–H groups in total. The van der Waals surface area contributed by atoms with Gasteiger partial charge in [-0.2, -0.15) is 0 Å². The minimum Gasteiger partial charge on any atom is -0.356 e. The van der Waals surface area contributed by atoms with Crippen LogP contribution in [0, 0.1) is 18.8 Å². The molecule has 1 heterocycles. The molecule has 2 fully saturated rings. The summed E-state index contributed by atoms with van der Waals surface area (Å²) in [5, 5.41) is 3.11. The number of nitrogens with one attached hydrogen (secondary N) is 1. The lowest BCUT2D eigenvalue weighted by atomic mass is 9.89. The second-order valence-corrected chi connectivity index (χ2v) is 10.1. The van der Waals surface area contributed by atoms with Crippen LogP contribution in [0.25, 0.3) is 0 Å². The van der Waals surface area contributed by atoms with E-state index in [9.17, 15) is 13.2 Å². The van der Waals surface area contributed by atoms with Crippen molar-refractivity contribution in [2.45, 2.75) is 57.6 Å². The minimum absolute atomic E-state index is 0.0336. The lowest BCUT2D eigenvalue weighted by molar-refractivity contribution is -0.126. The average molecular weight is 393 g/mol. The number of carbonyl (C=O) groups excluding carboxylic acids is 1. The van der Waals surface area contributed by atoms with Gasteiger partial charge in [0.2, 0.25) is 15.9 Å². The molecule has 2 aliphatic rings. The number of hydrogen-bond acceptors (Lipinski definition) is 3. The molecule has 0 atom stereocenters. The predicted molar refractivity (Wildman–Crippen MR) is 108 cm³/mol. The van der Waals surface area contributed by atoms with Crippen molar-refractivity contribution < 1.29 is 13.2 Å². The van der Waals surface area contributed by atoms with E-state index < -0.39 is 10.0 Å². The molecule has 0 unspecified atom stereocenters. The van der Waals surface area contributed by atoms with Crippen LogP contribution in [-0.4, -0.2) is 38.3 Å². The van der Waals surface area contributed by atoms with Crippen LogP contribution in [0.4, 0.5) is 0 Å². The molecule has 0 spiro atoms. The smallest absolute Gasteiger partial charge is 0.223 e. The molecule has 1 aromatic carbocycles. The first-order valence-corrected chi connectivity index (χ1v) is 11.9. The number of aryl methyl sites for hydroxylation is 1. The van der Waals surface area contributed by atoms with E-state index >= 15 is 0 Å². The SMILES string of the molecule is Cc1ccc(CS(=O)(=O)N2CCC(C(=O)NCC3CCCCC3)CC2)cc1. The van der Waals surface area contributed by atoms with Gasteiger partial charge in [-0.25, -0.2) is 12.7 Å². The fraction of sp³-hybridized carbons (Fsp3) is 0.667. The number of nitrogens with zero attached hydrogens (tertiary/aromatic N) is 1. The second-order valence-electron chi connectivity index (χ2n) is 8.16. The van der Waals surface area contributed by atoms with Gasteiger partial charge in [-0.1, -0.05) is 49.1 Å². The standard InChI is InChI=1S/C21H32N2O3S/c1-17-7-9-19(10-8-17)16-27(25,26)23-13-11-20(12-14-23)21(24)22-15-18-5-3-2-4-6-18/h7-10,18,20H,2-6,11-16H2,1H3,(H,22,24). The van der Waals surface area contributed by atoms with Crippen molar-refractivity contribution in [3.63, 3.8) is 0 Å². The molecular weight excluding hydrogens is 360 g/mol. The van der Waals surface area contributed by atoms with Gasteiger partial charge in [-0.3, -0.25) is 4.79 Å². The van der Waals surface area contributed by atoms with E-state index in [-0.39, 0.29) is 17.6 Å². The van der Waals surface area contributed by atoms with Crippen LogP contribution in [0.1, 0.15) is 56.1 Å². The van der Waals surface area contributed by atoms with Gasteiger partial charge in [0, 0.05) is 25.6 Å². The van der Waals surface area contributed by atoms with Gasteiger partial charge in [0.1, 0.15) is 0 Å². The van der Waals surface area contributed by atoms with Gasteiger partial charge in [0.15, 0.2) is 0 Å². The number of hydrogen-bond donors (Lipinski definition) is 1. The number of piperidine rings is 1. The minimum atomic E-state index is -3.33. The Kier molecular flexibility index (Phi) is 6.93. The molecule has 27 heavy (non-hydrogen) atoms. The Morgan fingerprint density at radius 3 is 2.30 bits per heavy atom. The van der Waals surface area contributed by atoms with Crippen LogP contribution in [0.2, 0.25) is 0 Å². The maximum Gasteiger partial charge on any atom is 0.223 e. The summed E-state index contributed by atoms with van der Waals surface area (Å²) in [7, 11) is -3.33. The highest BCUT2D eigenvalue weighted by molar-refractivity contribution is 7.88. The molecule has 1 saturated carbocycles. The Morgan fingerprint density at radius 1 is 1.04 bits per heavy atom. The summed E-state index contributed by atoms with van der Waals surface area (Å²) >= 11 is 0. The number of rotatable bonds is 6. The third-order valence-corrected chi connectivity index (χ3v) is 7.83. The van der Waals surface area contributed by atoms with E-state index in [1.807, 2.05) is 31.2 Å². The Morgan fingerprint density at radius 2 is 1.67 bits per heavy atom. The van der Waals surface area contributed by atoms with Crippen molar-refractivity contribution >= 4 is 15.9 Å². The van der Waals surface area contributed by atoms with E-state index in [4.69, 9.17) is 0 Å². The summed E-state index contributed by atoms with van der Waals surface area (Å²) < 4.78 is 26.9. The molecule has 150 valence electrons. The van der Waals surface area contributed by atoms with E-state index in [0.717, 1.165) is 17.7 Å². The van der Waals surface area contributed by atoms with E-state index in [2.05, 4.69) is 5.32 Å². The van der Waals surface area contributed by atoms with E-state index in [1.54, 1.807) is 4.31 Å². The fourth-order valence-corrected chi connectivity index (χ4v) is 5.73. The lowest BCUT2D eigenvalue weighted by Gasteiger charge is -2.31. The summed E-state index contributed by atoms with van der Waals surface area (Å²) in [6.07, 6.45) is 7.54. The summed E-state index contributed by atoms with van der Waals surface area (Å²) in [6.45, 7) is 3.65. The van der Waals surface area contributed by atoms with Crippen LogP contribution in [-0.2, 0) is 20.6 Å². The molecule has 1 aliphatic heterocycles. The monoisotopic (exact) mass is 392 g/mol. The van der Waals surface area contributed by atoms with E-state index in [0.29, 0.717) is 31.8 Å². The molecule has 1 aromatic rings. The number of carbonyl (C=O) groups is 1. The molecule has 1 aliphatic carbocycles. The highest BCUT2D eigenvalue weighted by atomic mass is 32.2. The number of amides is 1. The number of sulfonamides is 1. The van der Waals surface area contributed by atoms with Crippen molar-refractivity contribution in [2.24, 2.45) is 11.8 Å². The topological polar surface area (TPSA) is 66.5 Å². The third-order valence-electron chi connectivity index (χ3n) is 5.98. The first kappa shape index (κ1) is 20.3. The van der Waals surface area contributed by atoms with Gasteiger partial charge in [-0.15, -0.1) is 0 Å². The molecule has 1 amide bonds. The molecule has 6 heteroatoms. The van der Waals surface area contributed by atoms with Crippen molar-refractivity contribution in [3.8, 4) is 0 Å². The van der Waals surface area contributed by atoms with Crippen LogP contribution >= 0.6 is 0 Å². The number of benzene rings is 1. The quantitative estimate of drug-likeness (QED) is 0.808. The first-order chi connectivity index (χ1) is 12.9. The van der Waals surface area contributed by atoms with Gasteiger partial charge in [0.25, 0.3) is 0 Å². The predicted octanol–water partition coefficient (Wildman–Crippen LogP) is 3.23. The average Bonchev–Trinajstić information content (AvgIpc) is 2.69. The zero-order chi connectivity index (χ0) is 19.3. The van der Waals surface area contributed by atoms with Gasteiger partial charge < -0.3 is 5.32 Å². The van der Waals surface area contributed by atoms with Crippen molar-refractivity contribution in [2.75, 3.05) is 19.6 Å². The summed E-state index contributed by atoms with van der Waals surface area (Å²) in [5.74, 6) is 0.708. The summed E-state index contributed by atoms with van der Waals surface area (Å²) in [4.78, 5) is 12.4. The molecule has 3 rings (SSSR count). The Labute approximate surface area is 163 Å². The maximum atomic E-state index is 12.7. The zero-order valence-electron chi connectivity index (χ0n) is 16.3. The van der Waals surface area contributed by atoms with Crippen molar-refractivity contribution in [1.82, 2.24) is 9.62 Å². The molecular formula is C21H32N2O3S. The van der Waals surface area contributed by atoms with Crippen molar-refractivity contribution in [1.29, 1.82) is 0 Å². The normalized spacial score (nSPS) is 20.5. The molecule has 5 nitrogen and oxygen atoms in total. The molecule has 1 saturated heterocycles. The lowest BCUT2D eigenvalue weighted by Crippen LogP contribution is -2.44. The van der Waals surface area contributed by atoms with Gasteiger partial charge >= 0.3 is 0 Å². The zero-order valence-corrected chi connectivity index (χ0v) is 17.1. The Bertz CT molecular complexity index is 716. The maximum absolute atomic E-state index is 12.7. The van der Waals surface area contributed by atoms with Crippen molar-refractivity contribution in [3.05, 3.63) is 35.4 Å². The first-order valence-electron chi connectivity index (χ1n) is 10.2. The Hall–Kier alpha value is -1.40.